The minimum Gasteiger partial charge on any atom is -0.497 e. The highest BCUT2D eigenvalue weighted by Crippen LogP contribution is 2.28. The lowest BCUT2D eigenvalue weighted by atomic mass is 10.2. The Labute approximate surface area is 168 Å². The highest BCUT2D eigenvalue weighted by molar-refractivity contribution is 5.95. The second kappa shape index (κ2) is 10.5. The summed E-state index contributed by atoms with van der Waals surface area (Å²) in [7, 11) is 2.97. The Hall–Kier alpha value is -3.75. The van der Waals surface area contributed by atoms with Gasteiger partial charge in [0.05, 0.1) is 19.9 Å². The molecule has 2 aromatic rings. The molecule has 29 heavy (non-hydrogen) atoms. The first-order valence-corrected chi connectivity index (χ1v) is 8.74. The van der Waals surface area contributed by atoms with Gasteiger partial charge in [0.25, 0.3) is 5.91 Å². The maximum absolute atomic E-state index is 12.1. The first kappa shape index (κ1) is 21.5. The van der Waals surface area contributed by atoms with Crippen LogP contribution >= 0.6 is 0 Å². The van der Waals surface area contributed by atoms with E-state index in [1.807, 2.05) is 6.07 Å². The van der Waals surface area contributed by atoms with Crippen molar-refractivity contribution in [1.82, 2.24) is 5.32 Å². The minimum absolute atomic E-state index is 0.400. The largest absolute Gasteiger partial charge is 0.497 e. The van der Waals surface area contributed by atoms with Gasteiger partial charge in [0, 0.05) is 11.8 Å². The summed E-state index contributed by atoms with van der Waals surface area (Å²) >= 11 is 0. The van der Waals surface area contributed by atoms with E-state index in [1.54, 1.807) is 42.5 Å². The number of carbonyl (C=O) groups excluding carboxylic acids is 3. The number of para-hydroxylation sites is 1. The van der Waals surface area contributed by atoms with E-state index in [1.165, 1.54) is 21.1 Å². The summed E-state index contributed by atoms with van der Waals surface area (Å²) < 4.78 is 15.2. The number of ether oxygens (including phenoxy) is 3. The molecule has 0 spiro atoms. The van der Waals surface area contributed by atoms with E-state index >= 15 is 0 Å². The summed E-state index contributed by atoms with van der Waals surface area (Å²) in [4.78, 5) is 36.0. The van der Waals surface area contributed by atoms with E-state index in [9.17, 15) is 14.4 Å². The van der Waals surface area contributed by atoms with Crippen molar-refractivity contribution in [2.75, 3.05) is 31.5 Å². The number of esters is 1. The number of hydrogen-bond donors (Lipinski definition) is 3. The molecule has 0 heterocycles. The second-order valence-corrected chi connectivity index (χ2v) is 5.91. The van der Waals surface area contributed by atoms with Gasteiger partial charge in [0.2, 0.25) is 0 Å². The number of carbonyl (C=O) groups is 3. The third-order valence-corrected chi connectivity index (χ3v) is 3.76. The van der Waals surface area contributed by atoms with Crippen molar-refractivity contribution in [1.29, 1.82) is 0 Å². The van der Waals surface area contributed by atoms with Crippen LogP contribution in [0.1, 0.15) is 6.92 Å². The molecule has 0 bridgehead atoms. The fraction of sp³-hybridized carbons (Fsp3) is 0.250. The van der Waals surface area contributed by atoms with E-state index < -0.39 is 30.6 Å². The molecule has 1 atom stereocenters. The predicted molar refractivity (Wildman–Crippen MR) is 107 cm³/mol. The zero-order valence-electron chi connectivity index (χ0n) is 16.4. The standard InChI is InChI=1S/C20H23N3O6/c1-13(21-20(26)22-14-7-5-4-6-8-14)19(25)29-12-18(24)23-16-10-9-15(27-2)11-17(16)28-3/h4-11,13H,12H2,1-3H3,(H,23,24)(H2,21,22,26)/t13-/m0/s1. The average Bonchev–Trinajstić information content (AvgIpc) is 2.72. The zero-order valence-corrected chi connectivity index (χ0v) is 16.4. The molecule has 2 rings (SSSR count). The van der Waals surface area contributed by atoms with Gasteiger partial charge in [-0.2, -0.15) is 0 Å². The number of methoxy groups -OCH3 is 2. The van der Waals surface area contributed by atoms with Gasteiger partial charge in [-0.3, -0.25) is 4.79 Å². The van der Waals surface area contributed by atoms with Gasteiger partial charge in [-0.1, -0.05) is 18.2 Å². The van der Waals surface area contributed by atoms with E-state index in [4.69, 9.17) is 14.2 Å². The van der Waals surface area contributed by atoms with Gasteiger partial charge in [-0.05, 0) is 31.2 Å². The van der Waals surface area contributed by atoms with Gasteiger partial charge in [0.15, 0.2) is 6.61 Å². The highest BCUT2D eigenvalue weighted by Gasteiger charge is 2.19. The number of anilines is 2. The smallest absolute Gasteiger partial charge is 0.328 e. The minimum atomic E-state index is -0.943. The van der Waals surface area contributed by atoms with Crippen molar-refractivity contribution in [3.05, 3.63) is 48.5 Å². The Balaban J connectivity index is 1.80. The van der Waals surface area contributed by atoms with Crippen LogP contribution in [0.25, 0.3) is 0 Å². The number of nitrogens with one attached hydrogen (secondary N) is 3. The summed E-state index contributed by atoms with van der Waals surface area (Å²) in [6.45, 7) is 0.942. The van der Waals surface area contributed by atoms with Crippen molar-refractivity contribution in [3.63, 3.8) is 0 Å². The van der Waals surface area contributed by atoms with Gasteiger partial charge in [0.1, 0.15) is 17.5 Å². The van der Waals surface area contributed by atoms with Crippen LogP contribution in [0, 0.1) is 0 Å². The first-order valence-electron chi connectivity index (χ1n) is 8.74. The number of benzene rings is 2. The van der Waals surface area contributed by atoms with E-state index in [0.717, 1.165) is 0 Å². The van der Waals surface area contributed by atoms with Crippen molar-refractivity contribution >= 4 is 29.3 Å². The molecule has 0 aliphatic rings. The zero-order chi connectivity index (χ0) is 21.2. The van der Waals surface area contributed by atoms with Crippen LogP contribution in [-0.4, -0.2) is 44.8 Å². The molecule has 0 unspecified atom stereocenters. The fourth-order valence-corrected chi connectivity index (χ4v) is 2.29. The number of urea groups is 1. The van der Waals surface area contributed by atoms with Crippen molar-refractivity contribution < 1.29 is 28.6 Å². The Kier molecular flexibility index (Phi) is 7.84. The SMILES string of the molecule is COc1ccc(NC(=O)COC(=O)[C@H](C)NC(=O)Nc2ccccc2)c(OC)c1. The van der Waals surface area contributed by atoms with Gasteiger partial charge >= 0.3 is 12.0 Å². The summed E-state index contributed by atoms with van der Waals surface area (Å²) in [6, 6.07) is 12.1. The molecule has 0 fully saturated rings. The summed E-state index contributed by atoms with van der Waals surface area (Å²) in [5.74, 6) is -0.329. The third kappa shape index (κ3) is 6.73. The molecular formula is C20H23N3O6. The summed E-state index contributed by atoms with van der Waals surface area (Å²) in [6.07, 6.45) is 0. The second-order valence-electron chi connectivity index (χ2n) is 5.91. The topological polar surface area (TPSA) is 115 Å². The van der Waals surface area contributed by atoms with E-state index in [0.29, 0.717) is 22.9 Å². The maximum Gasteiger partial charge on any atom is 0.328 e. The molecule has 9 nitrogen and oxygen atoms in total. The maximum atomic E-state index is 12.1. The molecule has 0 saturated carbocycles. The van der Waals surface area contributed by atoms with E-state index in [2.05, 4.69) is 16.0 Å². The average molecular weight is 401 g/mol. The van der Waals surface area contributed by atoms with Crippen LogP contribution in [0.15, 0.2) is 48.5 Å². The molecule has 0 saturated heterocycles. The lowest BCUT2D eigenvalue weighted by molar-refractivity contribution is -0.148. The van der Waals surface area contributed by atoms with Crippen LogP contribution < -0.4 is 25.4 Å². The Bertz CT molecular complexity index is 857. The summed E-state index contributed by atoms with van der Waals surface area (Å²) in [5, 5.41) is 7.61. The number of amides is 3. The van der Waals surface area contributed by atoms with Crippen molar-refractivity contribution in [2.45, 2.75) is 13.0 Å². The van der Waals surface area contributed by atoms with Crippen LogP contribution in [0.3, 0.4) is 0 Å². The van der Waals surface area contributed by atoms with E-state index in [-0.39, 0.29) is 0 Å². The Morgan fingerprint density at radius 1 is 0.966 bits per heavy atom. The molecule has 9 heteroatoms. The molecule has 2 aromatic carbocycles. The third-order valence-electron chi connectivity index (χ3n) is 3.76. The van der Waals surface area contributed by atoms with Crippen molar-refractivity contribution in [3.8, 4) is 11.5 Å². The quantitative estimate of drug-likeness (QED) is 0.585. The van der Waals surface area contributed by atoms with Crippen LogP contribution in [0.2, 0.25) is 0 Å². The van der Waals surface area contributed by atoms with Gasteiger partial charge in [-0.15, -0.1) is 0 Å². The lowest BCUT2D eigenvalue weighted by Crippen LogP contribution is -2.42. The van der Waals surface area contributed by atoms with Crippen LogP contribution in [0.4, 0.5) is 16.2 Å². The lowest BCUT2D eigenvalue weighted by Gasteiger charge is -2.15. The van der Waals surface area contributed by atoms with Gasteiger partial charge in [-0.25, -0.2) is 9.59 Å². The molecular weight excluding hydrogens is 378 g/mol. The normalized spacial score (nSPS) is 11.0. The molecule has 0 aliphatic carbocycles. The molecule has 3 amide bonds. The summed E-state index contributed by atoms with van der Waals surface area (Å²) in [5.41, 5.74) is 0.987. The predicted octanol–water partition coefficient (Wildman–Crippen LogP) is 2.40. The first-order chi connectivity index (χ1) is 13.9. The highest BCUT2D eigenvalue weighted by atomic mass is 16.5. The number of hydrogen-bond acceptors (Lipinski definition) is 6. The van der Waals surface area contributed by atoms with Crippen LogP contribution in [-0.2, 0) is 14.3 Å². The molecule has 0 aliphatic heterocycles. The molecule has 154 valence electrons. The molecule has 3 N–H and O–H groups in total. The van der Waals surface area contributed by atoms with Gasteiger partial charge < -0.3 is 30.2 Å². The Morgan fingerprint density at radius 2 is 1.69 bits per heavy atom. The Morgan fingerprint density at radius 3 is 2.34 bits per heavy atom. The molecule has 0 radical (unpaired) electrons. The monoisotopic (exact) mass is 401 g/mol. The number of rotatable bonds is 8. The van der Waals surface area contributed by atoms with Crippen molar-refractivity contribution in [2.24, 2.45) is 0 Å². The van der Waals surface area contributed by atoms with Crippen LogP contribution in [0.5, 0.6) is 11.5 Å². The molecule has 0 aromatic heterocycles. The fourth-order valence-electron chi connectivity index (χ4n) is 2.29.